The first-order valence-electron chi connectivity index (χ1n) is 9.86. The number of thiophene rings is 1. The number of nitrogens with zero attached hydrogens (tertiary/aromatic N) is 4. The number of piperazine rings is 1. The lowest BCUT2D eigenvalue weighted by atomic mass is 10.3. The number of nitrogens with one attached hydrogen (secondary N) is 1. The van der Waals surface area contributed by atoms with E-state index in [1.165, 1.54) is 17.8 Å². The first kappa shape index (κ1) is 22.7. The van der Waals surface area contributed by atoms with Crippen LogP contribution in [0.15, 0.2) is 22.5 Å². The molecule has 154 valence electrons. The third-order valence-electron chi connectivity index (χ3n) is 5.03. The Balaban J connectivity index is 0.00000261. The molecule has 1 aliphatic carbocycles. The van der Waals surface area contributed by atoms with Gasteiger partial charge < -0.3 is 19.9 Å². The molecular formula is C19H34IN5OS. The maximum absolute atomic E-state index is 5.25. The van der Waals surface area contributed by atoms with Crippen LogP contribution in [0.3, 0.4) is 0 Å². The molecule has 1 N–H and O–H groups in total. The summed E-state index contributed by atoms with van der Waals surface area (Å²) in [5.74, 6) is 1.07. The van der Waals surface area contributed by atoms with Crippen molar-refractivity contribution in [3.8, 4) is 0 Å². The Labute approximate surface area is 185 Å². The van der Waals surface area contributed by atoms with E-state index in [9.17, 15) is 0 Å². The number of ether oxygens (including phenoxy) is 1. The van der Waals surface area contributed by atoms with Crippen molar-refractivity contribution in [2.24, 2.45) is 4.99 Å². The van der Waals surface area contributed by atoms with Gasteiger partial charge in [-0.2, -0.15) is 0 Å². The molecular weight excluding hydrogens is 473 g/mol. The standard InChI is InChI=1S/C19H33N5OS.HI/c1-3-20-19(21-8-9-22(14-15-25-2)17-6-7-17)24-12-10-23(11-13-24)18-5-4-16-26-18;/h4-5,16-17H,3,6-15H2,1-2H3,(H,20,21);1H. The third kappa shape index (κ3) is 7.07. The van der Waals surface area contributed by atoms with E-state index in [-0.39, 0.29) is 24.0 Å². The molecule has 1 saturated carbocycles. The lowest BCUT2D eigenvalue weighted by Crippen LogP contribution is -2.52. The van der Waals surface area contributed by atoms with Crippen molar-refractivity contribution in [2.75, 3.05) is 71.0 Å². The predicted octanol–water partition coefficient (Wildman–Crippen LogP) is 2.56. The Morgan fingerprint density at radius 1 is 1.30 bits per heavy atom. The maximum atomic E-state index is 5.25. The number of halogens is 1. The molecule has 6 nitrogen and oxygen atoms in total. The smallest absolute Gasteiger partial charge is 0.194 e. The normalized spacial score (nSPS) is 18.0. The van der Waals surface area contributed by atoms with Crippen LogP contribution in [0.1, 0.15) is 19.8 Å². The lowest BCUT2D eigenvalue weighted by Gasteiger charge is -2.37. The number of methoxy groups -OCH3 is 1. The summed E-state index contributed by atoms with van der Waals surface area (Å²) in [6.45, 7) is 11.0. The summed E-state index contributed by atoms with van der Waals surface area (Å²) >= 11 is 1.83. The van der Waals surface area contributed by atoms with Gasteiger partial charge in [0, 0.05) is 59.0 Å². The summed E-state index contributed by atoms with van der Waals surface area (Å²) in [6, 6.07) is 5.11. The van der Waals surface area contributed by atoms with Crippen molar-refractivity contribution in [3.05, 3.63) is 17.5 Å². The maximum Gasteiger partial charge on any atom is 0.194 e. The van der Waals surface area contributed by atoms with Gasteiger partial charge in [-0.15, -0.1) is 35.3 Å². The quantitative estimate of drug-likeness (QED) is 0.316. The van der Waals surface area contributed by atoms with E-state index in [4.69, 9.17) is 9.73 Å². The van der Waals surface area contributed by atoms with E-state index >= 15 is 0 Å². The van der Waals surface area contributed by atoms with E-state index in [0.29, 0.717) is 0 Å². The molecule has 0 atom stereocenters. The molecule has 1 saturated heterocycles. The molecule has 0 aromatic carbocycles. The Kier molecular flexibility index (Phi) is 10.2. The third-order valence-corrected chi connectivity index (χ3v) is 5.96. The lowest BCUT2D eigenvalue weighted by molar-refractivity contribution is 0.145. The number of hydrogen-bond acceptors (Lipinski definition) is 5. The summed E-state index contributed by atoms with van der Waals surface area (Å²) in [5, 5.41) is 7.02. The summed E-state index contributed by atoms with van der Waals surface area (Å²) < 4.78 is 5.25. The Bertz CT molecular complexity index is 544. The van der Waals surface area contributed by atoms with E-state index in [1.807, 2.05) is 11.3 Å². The van der Waals surface area contributed by atoms with E-state index < -0.39 is 0 Å². The highest BCUT2D eigenvalue weighted by Crippen LogP contribution is 2.26. The highest BCUT2D eigenvalue weighted by Gasteiger charge is 2.28. The van der Waals surface area contributed by atoms with E-state index in [2.05, 4.69) is 44.5 Å². The molecule has 0 unspecified atom stereocenters. The van der Waals surface area contributed by atoms with Crippen molar-refractivity contribution in [2.45, 2.75) is 25.8 Å². The minimum atomic E-state index is 0. The van der Waals surface area contributed by atoms with E-state index in [1.54, 1.807) is 7.11 Å². The Morgan fingerprint density at radius 2 is 2.07 bits per heavy atom. The van der Waals surface area contributed by atoms with Crippen LogP contribution in [0.25, 0.3) is 0 Å². The van der Waals surface area contributed by atoms with Crippen molar-refractivity contribution in [3.63, 3.8) is 0 Å². The topological polar surface area (TPSA) is 43.3 Å². The van der Waals surface area contributed by atoms with Crippen molar-refractivity contribution in [1.29, 1.82) is 0 Å². The number of hydrogen-bond donors (Lipinski definition) is 1. The van der Waals surface area contributed by atoms with Gasteiger partial charge in [0.25, 0.3) is 0 Å². The zero-order valence-corrected chi connectivity index (χ0v) is 19.7. The van der Waals surface area contributed by atoms with Gasteiger partial charge in [0.05, 0.1) is 18.2 Å². The molecule has 1 aromatic heterocycles. The van der Waals surface area contributed by atoms with Gasteiger partial charge in [0.1, 0.15) is 0 Å². The first-order valence-corrected chi connectivity index (χ1v) is 10.7. The molecule has 2 fully saturated rings. The number of guanidine groups is 1. The zero-order valence-electron chi connectivity index (χ0n) is 16.6. The van der Waals surface area contributed by atoms with Crippen LogP contribution in [0.5, 0.6) is 0 Å². The fourth-order valence-corrected chi connectivity index (χ4v) is 4.21. The SMILES string of the molecule is CCNC(=NCCN(CCOC)C1CC1)N1CCN(c2cccs2)CC1.I. The first-order chi connectivity index (χ1) is 12.8. The van der Waals surface area contributed by atoms with Crippen molar-refractivity contribution < 1.29 is 4.74 Å². The molecule has 1 aliphatic heterocycles. The fraction of sp³-hybridized carbons (Fsp3) is 0.737. The molecule has 3 rings (SSSR count). The average molecular weight is 507 g/mol. The molecule has 8 heteroatoms. The molecule has 0 radical (unpaired) electrons. The van der Waals surface area contributed by atoms with Crippen LogP contribution in [-0.2, 0) is 4.74 Å². The summed E-state index contributed by atoms with van der Waals surface area (Å²) in [5.41, 5.74) is 0. The largest absolute Gasteiger partial charge is 0.383 e. The zero-order chi connectivity index (χ0) is 18.2. The van der Waals surface area contributed by atoms with Crippen LogP contribution in [0.4, 0.5) is 5.00 Å². The highest BCUT2D eigenvalue weighted by atomic mass is 127. The number of anilines is 1. The molecule has 2 aliphatic rings. The molecule has 0 spiro atoms. The average Bonchev–Trinajstić information content (AvgIpc) is 3.37. The van der Waals surface area contributed by atoms with Gasteiger partial charge in [-0.05, 0) is 37.3 Å². The fourth-order valence-electron chi connectivity index (χ4n) is 3.42. The van der Waals surface area contributed by atoms with Gasteiger partial charge in [-0.25, -0.2) is 0 Å². The van der Waals surface area contributed by atoms with Crippen molar-refractivity contribution in [1.82, 2.24) is 15.1 Å². The monoisotopic (exact) mass is 507 g/mol. The van der Waals surface area contributed by atoms with Gasteiger partial charge in [0.2, 0.25) is 0 Å². The van der Waals surface area contributed by atoms with Crippen LogP contribution in [0.2, 0.25) is 0 Å². The van der Waals surface area contributed by atoms with Crippen LogP contribution in [0, 0.1) is 0 Å². The molecule has 2 heterocycles. The van der Waals surface area contributed by atoms with Crippen LogP contribution in [-0.4, -0.2) is 87.9 Å². The minimum Gasteiger partial charge on any atom is -0.383 e. The minimum absolute atomic E-state index is 0. The second-order valence-electron chi connectivity index (χ2n) is 6.92. The van der Waals surface area contributed by atoms with Crippen molar-refractivity contribution >= 4 is 46.3 Å². The van der Waals surface area contributed by atoms with Gasteiger partial charge in [-0.1, -0.05) is 0 Å². The summed E-state index contributed by atoms with van der Waals surface area (Å²) in [7, 11) is 1.78. The Morgan fingerprint density at radius 3 is 2.67 bits per heavy atom. The second kappa shape index (κ2) is 12.1. The van der Waals surface area contributed by atoms with Crippen LogP contribution < -0.4 is 10.2 Å². The predicted molar refractivity (Wildman–Crippen MR) is 126 cm³/mol. The Hall–Kier alpha value is -0.580. The van der Waals surface area contributed by atoms with Gasteiger partial charge >= 0.3 is 0 Å². The highest BCUT2D eigenvalue weighted by molar-refractivity contribution is 14.0. The van der Waals surface area contributed by atoms with Gasteiger partial charge in [-0.3, -0.25) is 9.89 Å². The van der Waals surface area contributed by atoms with E-state index in [0.717, 1.165) is 71.0 Å². The summed E-state index contributed by atoms with van der Waals surface area (Å²) in [6.07, 6.45) is 2.66. The summed E-state index contributed by atoms with van der Waals surface area (Å²) in [4.78, 5) is 12.3. The molecule has 27 heavy (non-hydrogen) atoms. The molecule has 0 bridgehead atoms. The molecule has 1 aromatic rings. The molecule has 0 amide bonds. The number of aliphatic imine (C=N–C) groups is 1. The van der Waals surface area contributed by atoms with Gasteiger partial charge in [0.15, 0.2) is 5.96 Å². The van der Waals surface area contributed by atoms with Crippen LogP contribution >= 0.6 is 35.3 Å². The number of rotatable bonds is 9. The second-order valence-corrected chi connectivity index (χ2v) is 7.85.